The molecule has 5 heteroatoms. The van der Waals surface area contributed by atoms with Gasteiger partial charge in [0, 0.05) is 12.1 Å². The van der Waals surface area contributed by atoms with Crippen molar-refractivity contribution in [2.24, 2.45) is 11.8 Å². The van der Waals surface area contributed by atoms with Gasteiger partial charge in [0.05, 0.1) is 6.42 Å². The molecule has 2 amide bonds. The molecule has 0 radical (unpaired) electrons. The molecule has 0 heterocycles. The number of carboxylic acids is 1. The van der Waals surface area contributed by atoms with Gasteiger partial charge in [-0.1, -0.05) is 20.8 Å². The third kappa shape index (κ3) is 4.20. The zero-order valence-electron chi connectivity index (χ0n) is 11.4. The van der Waals surface area contributed by atoms with Crippen molar-refractivity contribution >= 4 is 12.0 Å². The highest BCUT2D eigenvalue weighted by Crippen LogP contribution is 2.30. The van der Waals surface area contributed by atoms with E-state index < -0.39 is 5.97 Å². The third-order valence-corrected chi connectivity index (χ3v) is 4.03. The Labute approximate surface area is 108 Å². The quantitative estimate of drug-likeness (QED) is 0.703. The van der Waals surface area contributed by atoms with Gasteiger partial charge >= 0.3 is 12.0 Å². The Hall–Kier alpha value is -1.26. The average Bonchev–Trinajstić information content (AvgIpc) is 2.59. The van der Waals surface area contributed by atoms with Crippen LogP contribution in [0.5, 0.6) is 0 Å². The van der Waals surface area contributed by atoms with E-state index in [1.54, 1.807) is 0 Å². The molecule has 18 heavy (non-hydrogen) atoms. The number of hydrogen-bond donors (Lipinski definition) is 3. The van der Waals surface area contributed by atoms with Gasteiger partial charge in [-0.25, -0.2) is 4.79 Å². The molecule has 4 unspecified atom stereocenters. The Morgan fingerprint density at radius 3 is 2.44 bits per heavy atom. The van der Waals surface area contributed by atoms with Crippen LogP contribution in [0.4, 0.5) is 4.79 Å². The molecule has 0 aromatic rings. The number of aliphatic carboxylic acids is 1. The molecule has 1 aliphatic carbocycles. The van der Waals surface area contributed by atoms with Crippen molar-refractivity contribution in [2.45, 2.75) is 58.5 Å². The fourth-order valence-electron chi connectivity index (χ4n) is 2.47. The van der Waals surface area contributed by atoms with E-state index in [9.17, 15) is 9.59 Å². The Morgan fingerprint density at radius 1 is 1.33 bits per heavy atom. The van der Waals surface area contributed by atoms with Crippen LogP contribution in [0.15, 0.2) is 0 Å². The number of rotatable bonds is 5. The van der Waals surface area contributed by atoms with Gasteiger partial charge in [-0.15, -0.1) is 0 Å². The molecular weight excluding hydrogens is 232 g/mol. The van der Waals surface area contributed by atoms with E-state index >= 15 is 0 Å². The van der Waals surface area contributed by atoms with Crippen LogP contribution in [-0.2, 0) is 4.79 Å². The topological polar surface area (TPSA) is 78.4 Å². The lowest BCUT2D eigenvalue weighted by molar-refractivity contribution is -0.137. The summed E-state index contributed by atoms with van der Waals surface area (Å²) in [6.45, 7) is 6.22. The highest BCUT2D eigenvalue weighted by molar-refractivity contribution is 5.76. The Morgan fingerprint density at radius 2 is 2.00 bits per heavy atom. The zero-order valence-corrected chi connectivity index (χ0v) is 11.4. The van der Waals surface area contributed by atoms with Crippen molar-refractivity contribution in [3.8, 4) is 0 Å². The van der Waals surface area contributed by atoms with Crippen molar-refractivity contribution < 1.29 is 14.7 Å². The number of carboxylic acid groups (broad SMARTS) is 1. The number of amides is 2. The fraction of sp³-hybridized carbons (Fsp3) is 0.846. The maximum absolute atomic E-state index is 11.8. The second kappa shape index (κ2) is 6.61. The number of urea groups is 1. The van der Waals surface area contributed by atoms with Crippen LogP contribution in [0.3, 0.4) is 0 Å². The molecule has 0 aliphatic heterocycles. The zero-order chi connectivity index (χ0) is 13.7. The van der Waals surface area contributed by atoms with Crippen LogP contribution >= 0.6 is 0 Å². The first-order chi connectivity index (χ1) is 8.43. The summed E-state index contributed by atoms with van der Waals surface area (Å²) in [6.07, 6.45) is 2.74. The highest BCUT2D eigenvalue weighted by Gasteiger charge is 2.31. The van der Waals surface area contributed by atoms with Crippen LogP contribution in [0.1, 0.15) is 46.5 Å². The van der Waals surface area contributed by atoms with Crippen LogP contribution in [0.25, 0.3) is 0 Å². The molecule has 0 aromatic heterocycles. The van der Waals surface area contributed by atoms with Gasteiger partial charge in [0.25, 0.3) is 0 Å². The molecule has 1 fully saturated rings. The van der Waals surface area contributed by atoms with E-state index in [0.29, 0.717) is 18.3 Å². The highest BCUT2D eigenvalue weighted by atomic mass is 16.4. The van der Waals surface area contributed by atoms with E-state index in [-0.39, 0.29) is 24.5 Å². The lowest BCUT2D eigenvalue weighted by atomic mass is 9.98. The van der Waals surface area contributed by atoms with Gasteiger partial charge in [-0.2, -0.15) is 0 Å². The summed E-state index contributed by atoms with van der Waals surface area (Å²) in [4.78, 5) is 22.4. The van der Waals surface area contributed by atoms with Gasteiger partial charge < -0.3 is 15.7 Å². The molecule has 104 valence electrons. The van der Waals surface area contributed by atoms with E-state index in [1.165, 1.54) is 0 Å². The number of carbonyl (C=O) groups excluding carboxylic acids is 1. The van der Waals surface area contributed by atoms with Crippen LogP contribution in [0, 0.1) is 11.8 Å². The number of hydrogen-bond acceptors (Lipinski definition) is 2. The molecule has 4 atom stereocenters. The number of carbonyl (C=O) groups is 2. The Bertz CT molecular complexity index is 307. The standard InChI is InChI=1S/C13H24N2O3/c1-4-10(7-12(16)17)14-13(18)15-11-6-5-8(2)9(11)3/h8-11H,4-7H2,1-3H3,(H,16,17)(H2,14,15,18). The van der Waals surface area contributed by atoms with E-state index in [4.69, 9.17) is 5.11 Å². The summed E-state index contributed by atoms with van der Waals surface area (Å²) in [5.74, 6) is 0.233. The van der Waals surface area contributed by atoms with Crippen LogP contribution < -0.4 is 10.6 Å². The van der Waals surface area contributed by atoms with Crippen molar-refractivity contribution in [1.29, 1.82) is 0 Å². The average molecular weight is 256 g/mol. The molecule has 0 aromatic carbocycles. The molecular formula is C13H24N2O3. The summed E-state index contributed by atoms with van der Waals surface area (Å²) in [5, 5.41) is 14.4. The van der Waals surface area contributed by atoms with Crippen molar-refractivity contribution in [1.82, 2.24) is 10.6 Å². The SMILES string of the molecule is CCC(CC(=O)O)NC(=O)NC1CCC(C)C1C. The molecule has 0 saturated heterocycles. The maximum Gasteiger partial charge on any atom is 0.315 e. The van der Waals surface area contributed by atoms with Gasteiger partial charge in [0.2, 0.25) is 0 Å². The lowest BCUT2D eigenvalue weighted by Crippen LogP contribution is -2.47. The minimum atomic E-state index is -0.884. The molecule has 1 aliphatic rings. The van der Waals surface area contributed by atoms with Crippen molar-refractivity contribution in [3.05, 3.63) is 0 Å². The van der Waals surface area contributed by atoms with Gasteiger partial charge in [0.15, 0.2) is 0 Å². The summed E-state index contributed by atoms with van der Waals surface area (Å²) in [7, 11) is 0. The fourth-order valence-corrected chi connectivity index (χ4v) is 2.47. The maximum atomic E-state index is 11.8. The smallest absolute Gasteiger partial charge is 0.315 e. The predicted molar refractivity (Wildman–Crippen MR) is 69.3 cm³/mol. The molecule has 1 rings (SSSR count). The molecule has 5 nitrogen and oxygen atoms in total. The summed E-state index contributed by atoms with van der Waals surface area (Å²) >= 11 is 0. The number of nitrogens with one attached hydrogen (secondary N) is 2. The first-order valence-corrected chi connectivity index (χ1v) is 6.72. The Kier molecular flexibility index (Phi) is 5.44. The van der Waals surface area contributed by atoms with Crippen molar-refractivity contribution in [2.75, 3.05) is 0 Å². The molecule has 3 N–H and O–H groups in total. The summed E-state index contributed by atoms with van der Waals surface area (Å²) in [6, 6.07) is -0.326. The largest absolute Gasteiger partial charge is 0.481 e. The van der Waals surface area contributed by atoms with Crippen LogP contribution in [0.2, 0.25) is 0 Å². The van der Waals surface area contributed by atoms with E-state index in [1.807, 2.05) is 6.92 Å². The lowest BCUT2D eigenvalue weighted by Gasteiger charge is -2.22. The first-order valence-electron chi connectivity index (χ1n) is 6.72. The van der Waals surface area contributed by atoms with E-state index in [2.05, 4.69) is 24.5 Å². The summed E-state index contributed by atoms with van der Waals surface area (Å²) in [5.41, 5.74) is 0. The molecule has 0 spiro atoms. The summed E-state index contributed by atoms with van der Waals surface area (Å²) < 4.78 is 0. The van der Waals surface area contributed by atoms with Crippen molar-refractivity contribution in [3.63, 3.8) is 0 Å². The normalized spacial score (nSPS) is 28.7. The first kappa shape index (κ1) is 14.8. The molecule has 0 bridgehead atoms. The van der Waals surface area contributed by atoms with Gasteiger partial charge in [-0.05, 0) is 31.1 Å². The minimum absolute atomic E-state index is 0.0272. The second-order valence-electron chi connectivity index (χ2n) is 5.34. The van der Waals surface area contributed by atoms with Gasteiger partial charge in [-0.3, -0.25) is 4.79 Å². The monoisotopic (exact) mass is 256 g/mol. The second-order valence-corrected chi connectivity index (χ2v) is 5.34. The Balaban J connectivity index is 2.38. The van der Waals surface area contributed by atoms with Gasteiger partial charge in [0.1, 0.15) is 0 Å². The van der Waals surface area contributed by atoms with Crippen LogP contribution in [-0.4, -0.2) is 29.2 Å². The van der Waals surface area contributed by atoms with E-state index in [0.717, 1.165) is 12.8 Å². The predicted octanol–water partition coefficient (Wildman–Crippen LogP) is 1.97. The molecule has 1 saturated carbocycles. The third-order valence-electron chi connectivity index (χ3n) is 4.03. The minimum Gasteiger partial charge on any atom is -0.481 e.